The van der Waals surface area contributed by atoms with E-state index in [2.05, 4.69) is 20.6 Å². The third-order valence-electron chi connectivity index (χ3n) is 2.69. The summed E-state index contributed by atoms with van der Waals surface area (Å²) in [4.78, 5) is 18.8. The first kappa shape index (κ1) is 16.2. The number of halogens is 3. The first-order chi connectivity index (χ1) is 9.24. The van der Waals surface area contributed by atoms with Crippen molar-refractivity contribution in [2.75, 3.05) is 5.32 Å². The number of rotatable bonds is 5. The Balaban J connectivity index is 2.71. The Bertz CT molecular complexity index is 464. The molecule has 0 spiro atoms. The minimum Gasteiger partial charge on any atom is -0.352 e. The highest BCUT2D eigenvalue weighted by Gasteiger charge is 2.33. The van der Waals surface area contributed by atoms with Gasteiger partial charge in [-0.1, -0.05) is 6.92 Å². The van der Waals surface area contributed by atoms with E-state index in [-0.39, 0.29) is 17.9 Å². The molecule has 2 N–H and O–H groups in total. The highest BCUT2D eigenvalue weighted by molar-refractivity contribution is 5.83. The van der Waals surface area contributed by atoms with E-state index in [9.17, 15) is 18.0 Å². The maximum Gasteiger partial charge on any atom is 0.433 e. The second kappa shape index (κ2) is 6.53. The number of alkyl halides is 3. The molecule has 1 rings (SSSR count). The average Bonchev–Trinajstić information content (AvgIpc) is 2.37. The highest BCUT2D eigenvalue weighted by Crippen LogP contribution is 2.27. The van der Waals surface area contributed by atoms with Gasteiger partial charge in [-0.25, -0.2) is 9.97 Å². The first-order valence-electron chi connectivity index (χ1n) is 6.21. The monoisotopic (exact) mass is 290 g/mol. The van der Waals surface area contributed by atoms with Crippen LogP contribution in [0.25, 0.3) is 0 Å². The van der Waals surface area contributed by atoms with Crippen molar-refractivity contribution in [1.29, 1.82) is 0 Å². The van der Waals surface area contributed by atoms with E-state index in [4.69, 9.17) is 0 Å². The van der Waals surface area contributed by atoms with Gasteiger partial charge in [0.15, 0.2) is 0 Å². The van der Waals surface area contributed by atoms with Crippen LogP contribution in [-0.2, 0) is 11.0 Å². The maximum absolute atomic E-state index is 12.5. The molecule has 1 aromatic heterocycles. The number of carbonyl (C=O) groups is 1. The number of nitrogens with one attached hydrogen (secondary N) is 2. The summed E-state index contributed by atoms with van der Waals surface area (Å²) in [5.41, 5.74) is -1.05. The number of hydrogen-bond acceptors (Lipinski definition) is 4. The van der Waals surface area contributed by atoms with E-state index in [0.717, 1.165) is 18.7 Å². The van der Waals surface area contributed by atoms with Crippen molar-refractivity contribution in [3.8, 4) is 0 Å². The van der Waals surface area contributed by atoms with Crippen molar-refractivity contribution in [2.24, 2.45) is 0 Å². The molecule has 1 amide bonds. The van der Waals surface area contributed by atoms with Crippen LogP contribution in [0.3, 0.4) is 0 Å². The van der Waals surface area contributed by atoms with Crippen LogP contribution in [-0.4, -0.2) is 28.0 Å². The van der Waals surface area contributed by atoms with Crippen molar-refractivity contribution >= 4 is 11.9 Å². The molecule has 0 aromatic carbocycles. The van der Waals surface area contributed by atoms with Gasteiger partial charge in [0.25, 0.3) is 0 Å². The molecule has 0 aliphatic carbocycles. The van der Waals surface area contributed by atoms with E-state index < -0.39 is 17.9 Å². The van der Waals surface area contributed by atoms with Crippen LogP contribution >= 0.6 is 0 Å². The van der Waals surface area contributed by atoms with Crippen LogP contribution in [0.4, 0.5) is 19.1 Å². The van der Waals surface area contributed by atoms with Gasteiger partial charge in [0.2, 0.25) is 11.9 Å². The van der Waals surface area contributed by atoms with E-state index in [1.807, 2.05) is 13.8 Å². The predicted molar refractivity (Wildman–Crippen MR) is 68.0 cm³/mol. The molecule has 0 saturated heterocycles. The molecule has 2 atom stereocenters. The summed E-state index contributed by atoms with van der Waals surface area (Å²) in [6, 6.07) is 0.0383. The molecule has 0 aliphatic rings. The molecule has 0 fully saturated rings. The molecule has 0 saturated carbocycles. The minimum absolute atomic E-state index is 0.00539. The molecule has 8 heteroatoms. The van der Waals surface area contributed by atoms with Crippen molar-refractivity contribution in [3.05, 3.63) is 18.0 Å². The molecule has 0 bridgehead atoms. The fraction of sp³-hybridized carbons (Fsp3) is 0.583. The zero-order valence-electron chi connectivity index (χ0n) is 11.5. The average molecular weight is 290 g/mol. The van der Waals surface area contributed by atoms with Gasteiger partial charge < -0.3 is 10.6 Å². The SMILES string of the molecule is CCC(C)NC(=O)C(C)Nc1nccc(C(F)(F)F)n1. The lowest BCUT2D eigenvalue weighted by molar-refractivity contribution is -0.141. The Morgan fingerprint density at radius 3 is 2.60 bits per heavy atom. The zero-order valence-corrected chi connectivity index (χ0v) is 11.5. The van der Waals surface area contributed by atoms with Crippen LogP contribution < -0.4 is 10.6 Å². The molecular formula is C12H17F3N4O. The van der Waals surface area contributed by atoms with Gasteiger partial charge in [0, 0.05) is 12.2 Å². The van der Waals surface area contributed by atoms with Crippen LogP contribution in [0.1, 0.15) is 32.9 Å². The Morgan fingerprint density at radius 1 is 1.40 bits per heavy atom. The Hall–Kier alpha value is -1.86. The summed E-state index contributed by atoms with van der Waals surface area (Å²) in [6.45, 7) is 5.28. The lowest BCUT2D eigenvalue weighted by Gasteiger charge is -2.17. The van der Waals surface area contributed by atoms with Crippen LogP contribution in [0.2, 0.25) is 0 Å². The Kier molecular flexibility index (Phi) is 5.29. The van der Waals surface area contributed by atoms with Crippen molar-refractivity contribution in [1.82, 2.24) is 15.3 Å². The molecule has 0 radical (unpaired) electrons. The number of amides is 1. The number of aromatic nitrogens is 2. The summed E-state index contributed by atoms with van der Waals surface area (Å²) >= 11 is 0. The lowest BCUT2D eigenvalue weighted by atomic mass is 10.2. The summed E-state index contributed by atoms with van der Waals surface area (Å²) in [5, 5.41) is 5.26. The highest BCUT2D eigenvalue weighted by atomic mass is 19.4. The van der Waals surface area contributed by atoms with Crippen molar-refractivity contribution in [2.45, 2.75) is 45.5 Å². The van der Waals surface area contributed by atoms with Gasteiger partial charge >= 0.3 is 6.18 Å². The fourth-order valence-corrected chi connectivity index (χ4v) is 1.32. The van der Waals surface area contributed by atoms with E-state index in [0.29, 0.717) is 0 Å². The Morgan fingerprint density at radius 2 is 2.05 bits per heavy atom. The molecule has 112 valence electrons. The summed E-state index contributed by atoms with van der Waals surface area (Å²) in [7, 11) is 0. The van der Waals surface area contributed by atoms with Gasteiger partial charge in [-0.15, -0.1) is 0 Å². The van der Waals surface area contributed by atoms with Gasteiger partial charge in [-0.2, -0.15) is 13.2 Å². The van der Waals surface area contributed by atoms with Crippen molar-refractivity contribution < 1.29 is 18.0 Å². The number of anilines is 1. The van der Waals surface area contributed by atoms with E-state index >= 15 is 0 Å². The smallest absolute Gasteiger partial charge is 0.352 e. The number of hydrogen-bond donors (Lipinski definition) is 2. The van der Waals surface area contributed by atoms with E-state index in [1.54, 1.807) is 0 Å². The van der Waals surface area contributed by atoms with Crippen LogP contribution in [0.5, 0.6) is 0 Å². The van der Waals surface area contributed by atoms with Gasteiger partial charge in [-0.05, 0) is 26.3 Å². The zero-order chi connectivity index (χ0) is 15.3. The Labute approximate surface area is 115 Å². The minimum atomic E-state index is -4.54. The standard InChI is InChI=1S/C12H17F3N4O/c1-4-7(2)17-10(20)8(3)18-11-16-6-5-9(19-11)12(13,14)15/h5-8H,4H2,1-3H3,(H,17,20)(H,16,18,19). The maximum atomic E-state index is 12.5. The normalized spacial score (nSPS) is 14.5. The number of carbonyl (C=O) groups excluding carboxylic acids is 1. The summed E-state index contributed by atoms with van der Waals surface area (Å²) in [5.74, 6) is -0.549. The number of nitrogens with zero attached hydrogens (tertiary/aromatic N) is 2. The predicted octanol–water partition coefficient (Wildman–Crippen LogP) is 2.21. The van der Waals surface area contributed by atoms with Gasteiger partial charge in [-0.3, -0.25) is 4.79 Å². The molecule has 20 heavy (non-hydrogen) atoms. The van der Waals surface area contributed by atoms with Gasteiger partial charge in [0.05, 0.1) is 0 Å². The van der Waals surface area contributed by atoms with Gasteiger partial charge in [0.1, 0.15) is 11.7 Å². The third kappa shape index (κ3) is 4.67. The summed E-state index contributed by atoms with van der Waals surface area (Å²) < 4.78 is 37.5. The molecule has 1 aromatic rings. The van der Waals surface area contributed by atoms with E-state index in [1.165, 1.54) is 6.92 Å². The fourth-order valence-electron chi connectivity index (χ4n) is 1.32. The summed E-state index contributed by atoms with van der Waals surface area (Å²) in [6.07, 6.45) is -2.78. The quantitative estimate of drug-likeness (QED) is 0.872. The van der Waals surface area contributed by atoms with Crippen LogP contribution in [0.15, 0.2) is 12.3 Å². The lowest BCUT2D eigenvalue weighted by Crippen LogP contribution is -2.42. The molecule has 5 nitrogen and oxygen atoms in total. The third-order valence-corrected chi connectivity index (χ3v) is 2.69. The van der Waals surface area contributed by atoms with Crippen LogP contribution in [0, 0.1) is 0 Å². The molecule has 1 heterocycles. The topological polar surface area (TPSA) is 66.9 Å². The molecule has 0 aliphatic heterocycles. The van der Waals surface area contributed by atoms with Crippen molar-refractivity contribution in [3.63, 3.8) is 0 Å². The second-order valence-corrected chi connectivity index (χ2v) is 4.45. The second-order valence-electron chi connectivity index (χ2n) is 4.45. The molecule has 2 unspecified atom stereocenters. The molecular weight excluding hydrogens is 273 g/mol. The largest absolute Gasteiger partial charge is 0.433 e. The first-order valence-corrected chi connectivity index (χ1v) is 6.21.